The lowest BCUT2D eigenvalue weighted by Crippen LogP contribution is -2.37. The third-order valence-electron chi connectivity index (χ3n) is 3.83. The highest BCUT2D eigenvalue weighted by molar-refractivity contribution is 7.93. The monoisotopic (exact) mass is 351 g/mol. The third kappa shape index (κ3) is 3.32. The van der Waals surface area contributed by atoms with Crippen molar-refractivity contribution in [3.63, 3.8) is 0 Å². The van der Waals surface area contributed by atoms with E-state index in [1.165, 1.54) is 12.1 Å². The quantitative estimate of drug-likeness (QED) is 0.713. The van der Waals surface area contributed by atoms with E-state index in [1.54, 1.807) is 73.7 Å². The molecule has 126 valence electrons. The summed E-state index contributed by atoms with van der Waals surface area (Å²) in [4.78, 5) is 13.2. The maximum Gasteiger partial charge on any atom is 0.272 e. The summed E-state index contributed by atoms with van der Waals surface area (Å²) in [5.41, 5.74) is 1.38. The fourth-order valence-corrected chi connectivity index (χ4v) is 3.98. The van der Waals surface area contributed by atoms with E-state index in [1.807, 2.05) is 6.07 Å². The van der Waals surface area contributed by atoms with Crippen LogP contribution in [0, 0.1) is 6.92 Å². The second-order valence-electron chi connectivity index (χ2n) is 5.54. The average molecular weight is 351 g/mol. The minimum atomic E-state index is -4.03. The van der Waals surface area contributed by atoms with Crippen molar-refractivity contribution in [3.8, 4) is 0 Å². The van der Waals surface area contributed by atoms with Gasteiger partial charge in [0.25, 0.3) is 15.9 Å². The van der Waals surface area contributed by atoms with Crippen LogP contribution in [0.25, 0.3) is 0 Å². The zero-order valence-electron chi connectivity index (χ0n) is 13.7. The van der Waals surface area contributed by atoms with Crippen LogP contribution in [-0.4, -0.2) is 14.3 Å². The fourth-order valence-electron chi connectivity index (χ4n) is 2.55. The van der Waals surface area contributed by atoms with Crippen LogP contribution in [0.3, 0.4) is 0 Å². The Kier molecular flexibility index (Phi) is 4.67. The number of sulfonamides is 1. The normalized spacial score (nSPS) is 11.1. The molecular formula is C20H17NO3S. The van der Waals surface area contributed by atoms with Gasteiger partial charge in [0.1, 0.15) is 0 Å². The first-order valence-electron chi connectivity index (χ1n) is 7.77. The smallest absolute Gasteiger partial charge is 0.268 e. The topological polar surface area (TPSA) is 54.5 Å². The summed E-state index contributed by atoms with van der Waals surface area (Å²) in [6.07, 6.45) is 0. The van der Waals surface area contributed by atoms with E-state index in [9.17, 15) is 13.2 Å². The van der Waals surface area contributed by atoms with Crippen LogP contribution < -0.4 is 4.31 Å². The van der Waals surface area contributed by atoms with Crippen LogP contribution in [0.15, 0.2) is 89.8 Å². The number of para-hydroxylation sites is 1. The molecule has 0 bridgehead atoms. The van der Waals surface area contributed by atoms with E-state index in [4.69, 9.17) is 0 Å². The molecule has 0 heterocycles. The summed E-state index contributed by atoms with van der Waals surface area (Å²) < 4.78 is 27.2. The number of aryl methyl sites for hydroxylation is 1. The summed E-state index contributed by atoms with van der Waals surface area (Å²) in [6.45, 7) is 1.78. The zero-order chi connectivity index (χ0) is 17.9. The Morgan fingerprint density at radius 1 is 0.760 bits per heavy atom. The number of nitrogens with zero attached hydrogens (tertiary/aromatic N) is 1. The molecule has 3 rings (SSSR count). The van der Waals surface area contributed by atoms with E-state index in [-0.39, 0.29) is 4.90 Å². The molecule has 0 saturated heterocycles. The van der Waals surface area contributed by atoms with Crippen molar-refractivity contribution in [2.75, 3.05) is 4.31 Å². The molecule has 3 aromatic carbocycles. The first-order chi connectivity index (χ1) is 12.0. The Morgan fingerprint density at radius 3 is 1.88 bits per heavy atom. The molecule has 3 aromatic rings. The Hall–Kier alpha value is -2.92. The lowest BCUT2D eigenvalue weighted by molar-refractivity contribution is 0.100. The van der Waals surface area contributed by atoms with Crippen molar-refractivity contribution in [2.45, 2.75) is 11.8 Å². The van der Waals surface area contributed by atoms with E-state index >= 15 is 0 Å². The summed E-state index contributed by atoms with van der Waals surface area (Å²) in [5, 5.41) is 0. The molecule has 1 amide bonds. The number of anilines is 1. The molecule has 0 fully saturated rings. The molecule has 0 atom stereocenters. The van der Waals surface area contributed by atoms with Crippen LogP contribution in [0.2, 0.25) is 0 Å². The van der Waals surface area contributed by atoms with Crippen molar-refractivity contribution in [1.29, 1.82) is 0 Å². The molecule has 25 heavy (non-hydrogen) atoms. The summed E-state index contributed by atoms with van der Waals surface area (Å²) >= 11 is 0. The third-order valence-corrected chi connectivity index (χ3v) is 5.56. The van der Waals surface area contributed by atoms with Gasteiger partial charge in [-0.3, -0.25) is 4.79 Å². The predicted octanol–water partition coefficient (Wildman–Crippen LogP) is 4.03. The number of carbonyl (C=O) groups excluding carboxylic acids is 1. The molecule has 0 N–H and O–H groups in total. The molecule has 0 radical (unpaired) electrons. The number of carbonyl (C=O) groups is 1. The Bertz CT molecular complexity index is 984. The SMILES string of the molecule is Cc1ccccc1C(=O)N(c1ccccc1)S(=O)(=O)c1ccccc1. The van der Waals surface area contributed by atoms with Gasteiger partial charge in [-0.25, -0.2) is 8.42 Å². The Morgan fingerprint density at radius 2 is 1.28 bits per heavy atom. The standard InChI is InChI=1S/C20H17NO3S/c1-16-10-8-9-15-19(16)20(22)21(17-11-4-2-5-12-17)25(23,24)18-13-6-3-7-14-18/h2-15H,1H3. The minimum Gasteiger partial charge on any atom is -0.268 e. The average Bonchev–Trinajstić information content (AvgIpc) is 2.63. The molecule has 0 aliphatic rings. The van der Waals surface area contributed by atoms with Crippen molar-refractivity contribution in [3.05, 3.63) is 96.1 Å². The number of benzene rings is 3. The van der Waals surface area contributed by atoms with E-state index in [2.05, 4.69) is 0 Å². The van der Waals surface area contributed by atoms with E-state index in [0.29, 0.717) is 11.3 Å². The van der Waals surface area contributed by atoms with Crippen molar-refractivity contribution in [1.82, 2.24) is 0 Å². The summed E-state index contributed by atoms with van der Waals surface area (Å²) in [6, 6.07) is 23.3. The summed E-state index contributed by atoms with van der Waals surface area (Å²) in [5.74, 6) is -0.576. The first kappa shape index (κ1) is 16.9. The Balaban J connectivity index is 2.18. The van der Waals surface area contributed by atoms with Gasteiger partial charge in [-0.1, -0.05) is 54.6 Å². The molecule has 0 aliphatic carbocycles. The van der Waals surface area contributed by atoms with Gasteiger partial charge in [0, 0.05) is 5.56 Å². The van der Waals surface area contributed by atoms with Crippen molar-refractivity contribution >= 4 is 21.6 Å². The second-order valence-corrected chi connectivity index (χ2v) is 7.32. The van der Waals surface area contributed by atoms with Crippen molar-refractivity contribution < 1.29 is 13.2 Å². The first-order valence-corrected chi connectivity index (χ1v) is 9.21. The molecule has 5 heteroatoms. The largest absolute Gasteiger partial charge is 0.272 e. The fraction of sp³-hybridized carbons (Fsp3) is 0.0500. The highest BCUT2D eigenvalue weighted by atomic mass is 32.2. The van der Waals surface area contributed by atoms with E-state index in [0.717, 1.165) is 9.87 Å². The molecular weight excluding hydrogens is 334 g/mol. The molecule has 4 nitrogen and oxygen atoms in total. The Labute approximate surface area is 147 Å². The second kappa shape index (κ2) is 6.91. The molecule has 0 spiro atoms. The van der Waals surface area contributed by atoms with Crippen LogP contribution >= 0.6 is 0 Å². The van der Waals surface area contributed by atoms with Crippen LogP contribution in [0.4, 0.5) is 5.69 Å². The predicted molar refractivity (Wildman–Crippen MR) is 98.1 cm³/mol. The van der Waals surface area contributed by atoms with E-state index < -0.39 is 15.9 Å². The lowest BCUT2D eigenvalue weighted by atomic mass is 10.1. The van der Waals surface area contributed by atoms with Crippen LogP contribution in [0.1, 0.15) is 15.9 Å². The molecule has 0 aliphatic heterocycles. The summed E-state index contributed by atoms with van der Waals surface area (Å²) in [7, 11) is -4.03. The van der Waals surface area contributed by atoms with Gasteiger partial charge in [0.05, 0.1) is 10.6 Å². The zero-order valence-corrected chi connectivity index (χ0v) is 14.5. The molecule has 0 aromatic heterocycles. The van der Waals surface area contributed by atoms with Gasteiger partial charge in [-0.2, -0.15) is 4.31 Å². The van der Waals surface area contributed by atoms with Crippen molar-refractivity contribution in [2.24, 2.45) is 0 Å². The van der Waals surface area contributed by atoms with Gasteiger partial charge >= 0.3 is 0 Å². The highest BCUT2D eigenvalue weighted by Crippen LogP contribution is 2.26. The van der Waals surface area contributed by atoms with Crippen LogP contribution in [0.5, 0.6) is 0 Å². The number of hydrogen-bond donors (Lipinski definition) is 0. The van der Waals surface area contributed by atoms with Crippen LogP contribution in [-0.2, 0) is 10.0 Å². The molecule has 0 saturated carbocycles. The van der Waals surface area contributed by atoms with Gasteiger partial charge in [0.2, 0.25) is 0 Å². The minimum absolute atomic E-state index is 0.0702. The number of rotatable bonds is 4. The maximum absolute atomic E-state index is 13.2. The molecule has 0 unspecified atom stereocenters. The van der Waals surface area contributed by atoms with Gasteiger partial charge in [-0.15, -0.1) is 0 Å². The lowest BCUT2D eigenvalue weighted by Gasteiger charge is -2.23. The van der Waals surface area contributed by atoms with Gasteiger partial charge in [0.15, 0.2) is 0 Å². The maximum atomic E-state index is 13.2. The number of amides is 1. The van der Waals surface area contributed by atoms with Gasteiger partial charge in [-0.05, 0) is 42.8 Å². The highest BCUT2D eigenvalue weighted by Gasteiger charge is 2.32. The van der Waals surface area contributed by atoms with Gasteiger partial charge < -0.3 is 0 Å². The number of hydrogen-bond acceptors (Lipinski definition) is 3.